The summed E-state index contributed by atoms with van der Waals surface area (Å²) in [5.41, 5.74) is -2.59. The molecule has 2 saturated carbocycles. The van der Waals surface area contributed by atoms with E-state index in [1.807, 2.05) is 0 Å². The number of hydrogen-bond donors (Lipinski definition) is 2. The highest BCUT2D eigenvalue weighted by molar-refractivity contribution is 7.93. The molecule has 0 aliphatic heterocycles. The van der Waals surface area contributed by atoms with E-state index < -0.39 is 40.3 Å². The summed E-state index contributed by atoms with van der Waals surface area (Å²) in [6.45, 7) is 0. The molecule has 2 N–H and O–H groups in total. The second kappa shape index (κ2) is 12.1. The maximum Gasteiger partial charge on any atom is 0.198 e. The van der Waals surface area contributed by atoms with Crippen molar-refractivity contribution in [2.24, 2.45) is 0 Å². The summed E-state index contributed by atoms with van der Waals surface area (Å²) in [7, 11) is -7.36. The highest BCUT2D eigenvalue weighted by Crippen LogP contribution is 2.39. The fraction of sp³-hybridized carbons (Fsp3) is 0.538. The topological polar surface area (TPSA) is 109 Å². The summed E-state index contributed by atoms with van der Waals surface area (Å²) < 4.78 is 46.8. The van der Waals surface area contributed by atoms with Crippen LogP contribution in [0.3, 0.4) is 0 Å². The van der Waals surface area contributed by atoms with Gasteiger partial charge in [-0.3, -0.25) is 0 Å². The number of sulfone groups is 2. The third-order valence-corrected chi connectivity index (χ3v) is 13.0. The van der Waals surface area contributed by atoms with Crippen LogP contribution in [0.5, 0.6) is 0 Å². The van der Waals surface area contributed by atoms with Crippen LogP contribution in [-0.4, -0.2) is 47.7 Å². The Bertz CT molecular complexity index is 1080. The summed E-state index contributed by atoms with van der Waals surface area (Å²) in [5.74, 6) is 0. The van der Waals surface area contributed by atoms with E-state index in [2.05, 4.69) is 0 Å². The first-order chi connectivity index (χ1) is 16.9. The van der Waals surface area contributed by atoms with Crippen LogP contribution in [0.2, 0.25) is 0 Å². The van der Waals surface area contributed by atoms with Crippen LogP contribution in [0.15, 0.2) is 70.5 Å². The van der Waals surface area contributed by atoms with E-state index >= 15 is 0 Å². The number of benzene rings is 2. The molecule has 6 nitrogen and oxygen atoms in total. The van der Waals surface area contributed by atoms with Gasteiger partial charge in [0.15, 0.2) is 29.1 Å². The van der Waals surface area contributed by atoms with Crippen LogP contribution in [0.25, 0.3) is 0 Å². The largest absolute Gasteiger partial charge is 0.387 e. The van der Waals surface area contributed by atoms with E-state index in [-0.39, 0.29) is 9.79 Å². The molecule has 4 rings (SSSR count). The zero-order valence-corrected chi connectivity index (χ0v) is 23.2. The van der Waals surface area contributed by atoms with Gasteiger partial charge >= 0.3 is 0 Å². The van der Waals surface area contributed by atoms with Gasteiger partial charge in [-0.15, -0.1) is 23.2 Å². The van der Waals surface area contributed by atoms with E-state index in [9.17, 15) is 27.0 Å². The van der Waals surface area contributed by atoms with Crippen molar-refractivity contribution in [2.75, 3.05) is 0 Å². The van der Waals surface area contributed by atoms with Gasteiger partial charge in [0.2, 0.25) is 0 Å². The Morgan fingerprint density at radius 2 is 0.833 bits per heavy atom. The van der Waals surface area contributed by atoms with Crippen molar-refractivity contribution < 1.29 is 27.0 Å². The molecule has 0 saturated heterocycles. The molecule has 0 radical (unpaired) electrons. The zero-order chi connectivity index (χ0) is 26.5. The van der Waals surface area contributed by atoms with Crippen LogP contribution in [0.1, 0.15) is 64.2 Å². The highest BCUT2D eigenvalue weighted by Gasteiger charge is 2.46. The Kier molecular flexibility index (Phi) is 9.91. The van der Waals surface area contributed by atoms with Crippen molar-refractivity contribution in [3.63, 3.8) is 0 Å². The summed E-state index contributed by atoms with van der Waals surface area (Å²) in [5, 5.41) is 20.9. The maximum atomic E-state index is 12.3. The highest BCUT2D eigenvalue weighted by atomic mass is 35.5. The first kappa shape index (κ1) is 29.4. The molecule has 2 aliphatic rings. The lowest BCUT2D eigenvalue weighted by atomic mass is 9.86. The van der Waals surface area contributed by atoms with Crippen molar-refractivity contribution in [1.82, 2.24) is 0 Å². The number of hydrogen-bond acceptors (Lipinski definition) is 6. The summed E-state index contributed by atoms with van der Waals surface area (Å²) in [6.07, 6.45) is 7.15. The van der Waals surface area contributed by atoms with Gasteiger partial charge < -0.3 is 10.2 Å². The first-order valence-electron chi connectivity index (χ1n) is 12.2. The summed E-state index contributed by atoms with van der Waals surface area (Å²) in [4.78, 5) is 0.341. The van der Waals surface area contributed by atoms with Gasteiger partial charge in [-0.1, -0.05) is 74.9 Å². The fourth-order valence-corrected chi connectivity index (χ4v) is 9.05. The second-order valence-electron chi connectivity index (χ2n) is 9.68. The van der Waals surface area contributed by atoms with Gasteiger partial charge in [-0.25, -0.2) is 16.8 Å². The van der Waals surface area contributed by atoms with Gasteiger partial charge in [0.1, 0.15) is 0 Å². The molecule has 2 atom stereocenters. The van der Waals surface area contributed by atoms with E-state index in [1.165, 1.54) is 24.3 Å². The van der Waals surface area contributed by atoms with Crippen LogP contribution >= 0.6 is 23.2 Å². The molecular weight excluding hydrogens is 543 g/mol. The average molecular weight is 578 g/mol. The molecule has 0 unspecified atom stereocenters. The van der Waals surface area contributed by atoms with Gasteiger partial charge in [0.05, 0.1) is 21.0 Å². The third kappa shape index (κ3) is 6.63. The normalized spacial score (nSPS) is 21.4. The Morgan fingerprint density at radius 1 is 0.556 bits per heavy atom. The van der Waals surface area contributed by atoms with Crippen LogP contribution in [-0.2, 0) is 19.7 Å². The third-order valence-electron chi connectivity index (χ3n) is 6.97. The quantitative estimate of drug-likeness (QED) is 0.443. The fourth-order valence-electron chi connectivity index (χ4n) is 4.82. The van der Waals surface area contributed by atoms with Crippen molar-refractivity contribution in [2.45, 2.75) is 94.6 Å². The van der Waals surface area contributed by atoms with Crippen LogP contribution < -0.4 is 0 Å². The minimum absolute atomic E-state index is 0.170. The minimum atomic E-state index is -3.68. The van der Waals surface area contributed by atoms with Crippen molar-refractivity contribution in [1.29, 1.82) is 0 Å². The predicted octanol–water partition coefficient (Wildman–Crippen LogP) is 5.44. The maximum absolute atomic E-state index is 12.3. The van der Waals surface area contributed by atoms with Crippen LogP contribution in [0.4, 0.5) is 0 Å². The number of aliphatic hydroxyl groups is 2. The Hall–Kier alpha value is -1.16. The molecule has 0 bridgehead atoms. The first-order valence-corrected chi connectivity index (χ1v) is 16.2. The standard InChI is InChI=1S/2C13H17ClO3S/c2*14-12(13(15)9-5-2-6-10-13)18(16,17)11-7-3-1-4-8-11/h2*1,3-4,7-8,12,15H,2,5-6,9-10H2/t2*12-/m10/s1. The molecule has 0 amide bonds. The van der Waals surface area contributed by atoms with E-state index in [0.29, 0.717) is 25.7 Å². The number of alkyl halides is 2. The lowest BCUT2D eigenvalue weighted by Crippen LogP contribution is -2.45. The van der Waals surface area contributed by atoms with Crippen molar-refractivity contribution in [3.8, 4) is 0 Å². The second-order valence-corrected chi connectivity index (χ2v) is 15.1. The number of halogens is 2. The zero-order valence-electron chi connectivity index (χ0n) is 20.1. The smallest absolute Gasteiger partial charge is 0.198 e. The Balaban J connectivity index is 0.000000201. The average Bonchev–Trinajstić information content (AvgIpc) is 2.90. The molecule has 2 aromatic carbocycles. The lowest BCUT2D eigenvalue weighted by molar-refractivity contribution is 0.0162. The monoisotopic (exact) mass is 576 g/mol. The molecule has 2 fully saturated rings. The molecule has 0 heterocycles. The molecule has 200 valence electrons. The molecular formula is C26H34Cl2O6S2. The summed E-state index contributed by atoms with van der Waals surface area (Å²) in [6, 6.07) is 16.2. The molecule has 0 spiro atoms. The van der Waals surface area contributed by atoms with Gasteiger partial charge in [0.25, 0.3) is 0 Å². The van der Waals surface area contributed by atoms with Crippen LogP contribution in [0, 0.1) is 0 Å². The molecule has 2 aromatic rings. The van der Waals surface area contributed by atoms with E-state index in [4.69, 9.17) is 23.2 Å². The number of rotatable bonds is 6. The Labute approximate surface area is 224 Å². The minimum Gasteiger partial charge on any atom is -0.387 e. The summed E-state index contributed by atoms with van der Waals surface area (Å²) >= 11 is 12.2. The Morgan fingerprint density at radius 3 is 1.11 bits per heavy atom. The predicted molar refractivity (Wildman–Crippen MR) is 143 cm³/mol. The van der Waals surface area contributed by atoms with E-state index in [0.717, 1.165) is 38.5 Å². The van der Waals surface area contributed by atoms with Gasteiger partial charge in [-0.05, 0) is 49.9 Å². The molecule has 36 heavy (non-hydrogen) atoms. The van der Waals surface area contributed by atoms with Gasteiger partial charge in [-0.2, -0.15) is 0 Å². The van der Waals surface area contributed by atoms with Gasteiger partial charge in [0, 0.05) is 0 Å². The van der Waals surface area contributed by atoms with Crippen molar-refractivity contribution in [3.05, 3.63) is 60.7 Å². The molecule has 0 aromatic heterocycles. The van der Waals surface area contributed by atoms with E-state index in [1.54, 1.807) is 36.4 Å². The van der Waals surface area contributed by atoms with Crippen molar-refractivity contribution >= 4 is 42.9 Å². The SMILES string of the molecule is O=S(=O)(c1ccccc1)[C@@H](Cl)C1(O)CCCCC1.O=S(=O)(c1ccccc1)[C@H](Cl)C1(O)CCCCC1. The molecule has 10 heteroatoms. The lowest BCUT2D eigenvalue weighted by Gasteiger charge is -2.35. The molecule has 2 aliphatic carbocycles.